The zero-order valence-electron chi connectivity index (χ0n) is 10.3. The van der Waals surface area contributed by atoms with Crippen LogP contribution >= 0.6 is 28.3 Å². The smallest absolute Gasteiger partial charge is 0.242 e. The monoisotopic (exact) mass is 369 g/mol. The molecule has 0 saturated heterocycles. The van der Waals surface area contributed by atoms with Crippen LogP contribution in [0.2, 0.25) is 0 Å². The van der Waals surface area contributed by atoms with Gasteiger partial charge in [0.1, 0.15) is 4.90 Å². The van der Waals surface area contributed by atoms with Crippen molar-refractivity contribution in [1.82, 2.24) is 9.71 Å². The molecule has 0 aromatic carbocycles. The van der Waals surface area contributed by atoms with Crippen LogP contribution in [0.1, 0.15) is 19.3 Å². The fourth-order valence-corrected chi connectivity index (χ4v) is 4.12. The molecule has 1 aliphatic rings. The lowest BCUT2D eigenvalue weighted by Gasteiger charge is -2.19. The van der Waals surface area contributed by atoms with Crippen molar-refractivity contribution in [2.75, 3.05) is 6.54 Å². The molecule has 5 nitrogen and oxygen atoms in total. The van der Waals surface area contributed by atoms with Crippen molar-refractivity contribution in [3.8, 4) is 0 Å². The first kappa shape index (κ1) is 16.8. The van der Waals surface area contributed by atoms with Crippen molar-refractivity contribution < 1.29 is 8.42 Å². The van der Waals surface area contributed by atoms with Crippen LogP contribution in [-0.2, 0) is 10.0 Å². The molecule has 0 aliphatic heterocycles. The number of aromatic nitrogens is 1. The van der Waals surface area contributed by atoms with Crippen molar-refractivity contribution in [2.45, 2.75) is 30.2 Å². The highest BCUT2D eigenvalue weighted by molar-refractivity contribution is 9.10. The lowest BCUT2D eigenvalue weighted by Crippen LogP contribution is -2.39. The number of nitrogens with one attached hydrogen (secondary N) is 1. The second kappa shape index (κ2) is 6.99. The predicted octanol–water partition coefficient (Wildman–Crippen LogP) is 1.67. The van der Waals surface area contributed by atoms with Crippen molar-refractivity contribution in [2.24, 2.45) is 11.7 Å². The molecule has 1 fully saturated rings. The molecule has 1 aromatic heterocycles. The Morgan fingerprint density at radius 3 is 2.79 bits per heavy atom. The molecule has 19 heavy (non-hydrogen) atoms. The number of sulfonamides is 1. The number of halogens is 2. The molecule has 3 N–H and O–H groups in total. The quantitative estimate of drug-likeness (QED) is 0.844. The molecule has 1 saturated carbocycles. The van der Waals surface area contributed by atoms with Gasteiger partial charge >= 0.3 is 0 Å². The van der Waals surface area contributed by atoms with Crippen molar-refractivity contribution >= 4 is 38.4 Å². The average Bonchev–Trinajstić information content (AvgIpc) is 2.75. The molecule has 108 valence electrons. The van der Waals surface area contributed by atoms with Crippen molar-refractivity contribution in [3.63, 3.8) is 0 Å². The van der Waals surface area contributed by atoms with Crippen LogP contribution in [0.25, 0.3) is 0 Å². The zero-order chi connectivity index (χ0) is 13.2. The summed E-state index contributed by atoms with van der Waals surface area (Å²) in [6.07, 6.45) is 5.76. The molecule has 0 radical (unpaired) electrons. The normalized spacial score (nSPS) is 23.1. The molecule has 1 aliphatic carbocycles. The van der Waals surface area contributed by atoms with Crippen molar-refractivity contribution in [1.29, 1.82) is 0 Å². The standard InChI is InChI=1S/C11H16BrN3O2S.ClH/c12-9-4-10(7-14-6-9)18(16,17)15-11-3-1-2-8(11)5-13;/h4,6-8,11,15H,1-3,5,13H2;1H. The third-order valence-corrected chi connectivity index (χ3v) is 5.15. The second-order valence-corrected chi connectivity index (χ2v) is 7.12. The molecule has 8 heteroatoms. The van der Waals surface area contributed by atoms with Crippen LogP contribution in [0, 0.1) is 5.92 Å². The summed E-state index contributed by atoms with van der Waals surface area (Å²) in [6.45, 7) is 0.518. The minimum absolute atomic E-state index is 0. The summed E-state index contributed by atoms with van der Waals surface area (Å²) in [5.74, 6) is 0.236. The lowest BCUT2D eigenvalue weighted by atomic mass is 10.1. The van der Waals surface area contributed by atoms with Crippen LogP contribution in [0.5, 0.6) is 0 Å². The fourth-order valence-electron chi connectivity index (χ4n) is 2.28. The van der Waals surface area contributed by atoms with E-state index < -0.39 is 10.0 Å². The van der Waals surface area contributed by atoms with E-state index in [1.165, 1.54) is 6.20 Å². The molecule has 2 atom stereocenters. The summed E-state index contributed by atoms with van der Waals surface area (Å²) >= 11 is 3.22. The molecular formula is C11H17BrClN3O2S. The summed E-state index contributed by atoms with van der Waals surface area (Å²) in [6, 6.07) is 1.49. The maximum atomic E-state index is 12.2. The third-order valence-electron chi connectivity index (χ3n) is 3.26. The van der Waals surface area contributed by atoms with Gasteiger partial charge in [0.2, 0.25) is 10.0 Å². The zero-order valence-corrected chi connectivity index (χ0v) is 13.5. The van der Waals surface area contributed by atoms with Gasteiger partial charge in [0, 0.05) is 22.9 Å². The number of hydrogen-bond donors (Lipinski definition) is 2. The Labute approximate surface area is 128 Å². The first-order valence-corrected chi connectivity index (χ1v) is 8.13. The van der Waals surface area contributed by atoms with Gasteiger partial charge in [-0.3, -0.25) is 4.98 Å². The Morgan fingerprint density at radius 2 is 2.16 bits per heavy atom. The minimum Gasteiger partial charge on any atom is -0.330 e. The summed E-state index contributed by atoms with van der Waals surface area (Å²) in [7, 11) is -3.51. The van der Waals surface area contributed by atoms with E-state index in [4.69, 9.17) is 5.73 Å². The van der Waals surface area contributed by atoms with Gasteiger partial charge in [0.15, 0.2) is 0 Å². The molecule has 0 bridgehead atoms. The van der Waals surface area contributed by atoms with Crippen LogP contribution in [0.4, 0.5) is 0 Å². The number of rotatable bonds is 4. The van der Waals surface area contributed by atoms with Gasteiger partial charge in [-0.25, -0.2) is 13.1 Å². The SMILES string of the molecule is Cl.NCC1CCCC1NS(=O)(=O)c1cncc(Br)c1. The van der Waals surface area contributed by atoms with Crippen LogP contribution in [0.3, 0.4) is 0 Å². The van der Waals surface area contributed by atoms with Crippen LogP contribution in [0.15, 0.2) is 27.8 Å². The van der Waals surface area contributed by atoms with E-state index in [0.717, 1.165) is 19.3 Å². The third kappa shape index (κ3) is 4.13. The van der Waals surface area contributed by atoms with E-state index in [-0.39, 0.29) is 29.3 Å². The molecule has 1 aromatic rings. The van der Waals surface area contributed by atoms with Gasteiger partial charge in [-0.15, -0.1) is 12.4 Å². The Bertz CT molecular complexity index is 526. The van der Waals surface area contributed by atoms with Gasteiger partial charge in [0.05, 0.1) is 0 Å². The first-order chi connectivity index (χ1) is 8.53. The molecule has 2 rings (SSSR count). The lowest BCUT2D eigenvalue weighted by molar-refractivity contribution is 0.453. The maximum absolute atomic E-state index is 12.2. The van der Waals surface area contributed by atoms with E-state index in [9.17, 15) is 8.42 Å². The number of pyridine rings is 1. The van der Waals surface area contributed by atoms with Crippen LogP contribution < -0.4 is 10.5 Å². The fraction of sp³-hybridized carbons (Fsp3) is 0.545. The highest BCUT2D eigenvalue weighted by Crippen LogP contribution is 2.26. The van der Waals surface area contributed by atoms with E-state index >= 15 is 0 Å². The van der Waals surface area contributed by atoms with Crippen molar-refractivity contribution in [3.05, 3.63) is 22.9 Å². The molecular weight excluding hydrogens is 354 g/mol. The summed E-state index contributed by atoms with van der Waals surface area (Å²) in [5, 5.41) is 0. The van der Waals surface area contributed by atoms with Crippen LogP contribution in [-0.4, -0.2) is 26.0 Å². The summed E-state index contributed by atoms with van der Waals surface area (Å²) in [5.41, 5.74) is 5.65. The highest BCUT2D eigenvalue weighted by Gasteiger charge is 2.30. The van der Waals surface area contributed by atoms with Gasteiger partial charge in [-0.1, -0.05) is 6.42 Å². The molecule has 2 unspecified atom stereocenters. The topological polar surface area (TPSA) is 85.1 Å². The number of nitrogens with two attached hydrogens (primary N) is 1. The first-order valence-electron chi connectivity index (χ1n) is 5.86. The summed E-state index contributed by atoms with van der Waals surface area (Å²) in [4.78, 5) is 4.05. The Kier molecular flexibility index (Phi) is 6.19. The van der Waals surface area contributed by atoms with E-state index in [0.29, 0.717) is 11.0 Å². The Hall–Kier alpha value is -0.210. The van der Waals surface area contributed by atoms with E-state index in [1.54, 1.807) is 12.3 Å². The van der Waals surface area contributed by atoms with E-state index in [1.807, 2.05) is 0 Å². The summed E-state index contributed by atoms with van der Waals surface area (Å²) < 4.78 is 27.8. The predicted molar refractivity (Wildman–Crippen MR) is 79.7 cm³/mol. The maximum Gasteiger partial charge on any atom is 0.242 e. The average molecular weight is 371 g/mol. The second-order valence-electron chi connectivity index (χ2n) is 4.49. The highest BCUT2D eigenvalue weighted by atomic mass is 79.9. The van der Waals surface area contributed by atoms with Gasteiger partial charge in [-0.05, 0) is 47.3 Å². The van der Waals surface area contributed by atoms with E-state index in [2.05, 4.69) is 25.6 Å². The molecule has 0 spiro atoms. The number of nitrogens with zero attached hydrogens (tertiary/aromatic N) is 1. The van der Waals surface area contributed by atoms with Gasteiger partial charge in [-0.2, -0.15) is 0 Å². The van der Waals surface area contributed by atoms with Gasteiger partial charge in [0.25, 0.3) is 0 Å². The molecule has 1 heterocycles. The minimum atomic E-state index is -3.51. The number of hydrogen-bond acceptors (Lipinski definition) is 4. The largest absolute Gasteiger partial charge is 0.330 e. The Balaban J connectivity index is 0.00000180. The molecule has 0 amide bonds. The Morgan fingerprint density at radius 1 is 1.42 bits per heavy atom. The van der Waals surface area contributed by atoms with Gasteiger partial charge < -0.3 is 5.73 Å².